The summed E-state index contributed by atoms with van der Waals surface area (Å²) in [4.78, 5) is 12.3. The lowest BCUT2D eigenvalue weighted by atomic mass is 9.91. The Balaban J connectivity index is 1.71. The zero-order valence-corrected chi connectivity index (χ0v) is 14.5. The third-order valence-corrected chi connectivity index (χ3v) is 5.57. The van der Waals surface area contributed by atoms with E-state index in [0.717, 1.165) is 13.1 Å². The molecule has 1 aromatic rings. The summed E-state index contributed by atoms with van der Waals surface area (Å²) in [7, 11) is -4.36. The molecule has 25 heavy (non-hydrogen) atoms. The smallest absolute Gasteiger partial charge is 0.271 e. The number of hydrogen-bond acceptors (Lipinski definition) is 6. The first-order valence-corrected chi connectivity index (χ1v) is 9.71. The number of piperidine rings is 1. The molecule has 0 amide bonds. The molecule has 2 heterocycles. The van der Waals surface area contributed by atoms with Gasteiger partial charge < -0.3 is 14.8 Å². The molecule has 0 radical (unpaired) electrons. The van der Waals surface area contributed by atoms with Crippen molar-refractivity contribution < 1.29 is 27.2 Å². The lowest BCUT2D eigenvalue weighted by Gasteiger charge is -2.22. The van der Waals surface area contributed by atoms with Gasteiger partial charge in [-0.2, -0.15) is 8.42 Å². The molecule has 0 bridgehead atoms. The van der Waals surface area contributed by atoms with Gasteiger partial charge in [0.05, 0.1) is 0 Å². The van der Waals surface area contributed by atoms with E-state index in [1.54, 1.807) is 24.3 Å². The number of carbonyl (C=O) groups excluding carboxylic acids is 1. The van der Waals surface area contributed by atoms with Crippen LogP contribution in [-0.4, -0.2) is 43.9 Å². The van der Waals surface area contributed by atoms with Crippen molar-refractivity contribution in [3.63, 3.8) is 0 Å². The van der Waals surface area contributed by atoms with Crippen molar-refractivity contribution in [2.24, 2.45) is 5.92 Å². The highest BCUT2D eigenvalue weighted by Crippen LogP contribution is 2.33. The monoisotopic (exact) mass is 367 g/mol. The predicted octanol–water partition coefficient (Wildman–Crippen LogP) is 1.64. The van der Waals surface area contributed by atoms with Crippen molar-refractivity contribution in [1.82, 2.24) is 5.32 Å². The number of ether oxygens (including phenoxy) is 2. The molecule has 0 aliphatic carbocycles. The van der Waals surface area contributed by atoms with Gasteiger partial charge in [-0.15, -0.1) is 0 Å². The Morgan fingerprint density at radius 2 is 2.00 bits per heavy atom. The number of nitrogens with one attached hydrogen (secondary N) is 1. The van der Waals surface area contributed by atoms with Crippen molar-refractivity contribution in [2.75, 3.05) is 19.9 Å². The fraction of sp³-hybridized carbons (Fsp3) is 0.471. The summed E-state index contributed by atoms with van der Waals surface area (Å²) < 4.78 is 43.3. The topological polar surface area (TPSA) is 102 Å². The lowest BCUT2D eigenvalue weighted by molar-refractivity contribution is -0.123. The Labute approximate surface area is 146 Å². The standard InChI is InChI=1S/C17H21NO6S/c19-15(13-5-7-18-8-6-13)10-14(25(20,21)22)3-1-12-2-4-16-17(9-12)24-11-23-16/h1-4,9,13-14,18H,5-8,10-11H2,(H,20,21,22)/b3-1+. The fourth-order valence-electron chi connectivity index (χ4n) is 3.02. The van der Waals surface area contributed by atoms with Gasteiger partial charge in [-0.3, -0.25) is 9.35 Å². The summed E-state index contributed by atoms with van der Waals surface area (Å²) in [6.45, 7) is 1.65. The quantitative estimate of drug-likeness (QED) is 0.737. The fourth-order valence-corrected chi connectivity index (χ4v) is 3.67. The SMILES string of the molecule is O=C(CC(/C=C/c1ccc2c(c1)OCO2)S(=O)(=O)O)C1CCNCC1. The second-order valence-corrected chi connectivity index (χ2v) is 7.86. The van der Waals surface area contributed by atoms with Crippen molar-refractivity contribution in [2.45, 2.75) is 24.5 Å². The van der Waals surface area contributed by atoms with Gasteiger partial charge in [-0.25, -0.2) is 0 Å². The van der Waals surface area contributed by atoms with Crippen LogP contribution in [0.3, 0.4) is 0 Å². The van der Waals surface area contributed by atoms with E-state index in [1.165, 1.54) is 6.08 Å². The maximum Gasteiger partial charge on any atom is 0.271 e. The number of ketones is 1. The van der Waals surface area contributed by atoms with E-state index in [0.29, 0.717) is 29.9 Å². The molecular weight excluding hydrogens is 346 g/mol. The number of rotatable bonds is 6. The third-order valence-electron chi connectivity index (χ3n) is 4.48. The minimum Gasteiger partial charge on any atom is -0.454 e. The van der Waals surface area contributed by atoms with Gasteiger partial charge >= 0.3 is 0 Å². The maximum atomic E-state index is 12.3. The molecule has 0 saturated carbocycles. The van der Waals surface area contributed by atoms with Gasteiger partial charge in [0, 0.05) is 12.3 Å². The maximum absolute atomic E-state index is 12.3. The highest BCUT2D eigenvalue weighted by molar-refractivity contribution is 7.86. The molecule has 2 aliphatic rings. The van der Waals surface area contributed by atoms with Crippen LogP contribution < -0.4 is 14.8 Å². The van der Waals surface area contributed by atoms with E-state index in [4.69, 9.17) is 9.47 Å². The molecule has 1 unspecified atom stereocenters. The van der Waals surface area contributed by atoms with E-state index in [-0.39, 0.29) is 24.9 Å². The highest BCUT2D eigenvalue weighted by atomic mass is 32.2. The molecular formula is C17H21NO6S. The Kier molecular flexibility index (Phi) is 5.41. The largest absolute Gasteiger partial charge is 0.454 e. The zero-order chi connectivity index (χ0) is 17.9. The van der Waals surface area contributed by atoms with Gasteiger partial charge in [-0.1, -0.05) is 18.2 Å². The summed E-state index contributed by atoms with van der Waals surface area (Å²) in [6, 6.07) is 5.19. The van der Waals surface area contributed by atoms with Crippen molar-refractivity contribution in [1.29, 1.82) is 0 Å². The Morgan fingerprint density at radius 3 is 2.72 bits per heavy atom. The summed E-state index contributed by atoms with van der Waals surface area (Å²) in [6.07, 6.45) is 4.10. The molecule has 2 N–H and O–H groups in total. The predicted molar refractivity (Wildman–Crippen MR) is 92.2 cm³/mol. The van der Waals surface area contributed by atoms with Gasteiger partial charge in [-0.05, 0) is 43.6 Å². The molecule has 7 nitrogen and oxygen atoms in total. The number of carbonyl (C=O) groups is 1. The summed E-state index contributed by atoms with van der Waals surface area (Å²) in [5, 5.41) is 1.91. The second kappa shape index (κ2) is 7.55. The molecule has 136 valence electrons. The summed E-state index contributed by atoms with van der Waals surface area (Å²) >= 11 is 0. The lowest BCUT2D eigenvalue weighted by Crippen LogP contribution is -2.34. The highest BCUT2D eigenvalue weighted by Gasteiger charge is 2.28. The van der Waals surface area contributed by atoms with Gasteiger partial charge in [0.1, 0.15) is 11.0 Å². The van der Waals surface area contributed by atoms with Crippen LogP contribution in [0.25, 0.3) is 6.08 Å². The van der Waals surface area contributed by atoms with E-state index >= 15 is 0 Å². The van der Waals surface area contributed by atoms with E-state index in [1.807, 2.05) is 0 Å². The average Bonchev–Trinajstić information content (AvgIpc) is 3.06. The summed E-state index contributed by atoms with van der Waals surface area (Å²) in [5.41, 5.74) is 0.701. The second-order valence-electron chi connectivity index (χ2n) is 6.22. The Morgan fingerprint density at radius 1 is 1.28 bits per heavy atom. The van der Waals surface area contributed by atoms with E-state index in [9.17, 15) is 17.8 Å². The molecule has 8 heteroatoms. The van der Waals surface area contributed by atoms with E-state index < -0.39 is 15.4 Å². The Hall–Kier alpha value is -1.90. The van der Waals surface area contributed by atoms with Crippen LogP contribution in [0, 0.1) is 5.92 Å². The normalized spacial score (nSPS) is 19.2. The van der Waals surface area contributed by atoms with E-state index in [2.05, 4.69) is 5.32 Å². The zero-order valence-electron chi connectivity index (χ0n) is 13.7. The van der Waals surface area contributed by atoms with Crippen molar-refractivity contribution in [3.05, 3.63) is 29.8 Å². The molecule has 1 atom stereocenters. The number of hydrogen-bond donors (Lipinski definition) is 2. The van der Waals surface area contributed by atoms with Crippen molar-refractivity contribution in [3.8, 4) is 11.5 Å². The van der Waals surface area contributed by atoms with Crippen LogP contribution in [0.4, 0.5) is 0 Å². The molecule has 0 aromatic heterocycles. The van der Waals surface area contributed by atoms with Crippen LogP contribution in [0.2, 0.25) is 0 Å². The van der Waals surface area contributed by atoms with Crippen molar-refractivity contribution >= 4 is 22.0 Å². The first kappa shape index (κ1) is 17.9. The van der Waals surface area contributed by atoms with Crippen LogP contribution in [-0.2, 0) is 14.9 Å². The van der Waals surface area contributed by atoms with Crippen LogP contribution >= 0.6 is 0 Å². The molecule has 3 rings (SSSR count). The molecule has 0 spiro atoms. The Bertz CT molecular complexity index is 767. The van der Waals surface area contributed by atoms with Gasteiger partial charge in [0.15, 0.2) is 11.5 Å². The van der Waals surface area contributed by atoms with Crippen LogP contribution in [0.1, 0.15) is 24.8 Å². The number of benzene rings is 1. The number of fused-ring (bicyclic) bond motifs is 1. The van der Waals surface area contributed by atoms with Crippen LogP contribution in [0.5, 0.6) is 11.5 Å². The summed E-state index contributed by atoms with van der Waals surface area (Å²) in [5.74, 6) is 0.935. The molecule has 2 aliphatic heterocycles. The third kappa shape index (κ3) is 4.59. The molecule has 1 aromatic carbocycles. The van der Waals surface area contributed by atoms with Crippen LogP contribution in [0.15, 0.2) is 24.3 Å². The first-order chi connectivity index (χ1) is 11.9. The molecule has 1 fully saturated rings. The minimum absolute atomic E-state index is 0.125. The molecule has 1 saturated heterocycles. The van der Waals surface area contributed by atoms with Gasteiger partial charge in [0.25, 0.3) is 10.1 Å². The van der Waals surface area contributed by atoms with Gasteiger partial charge in [0.2, 0.25) is 6.79 Å². The average molecular weight is 367 g/mol. The minimum atomic E-state index is -4.36. The number of Topliss-reactive ketones (excluding diaryl/α,β-unsaturated/α-hetero) is 1. The first-order valence-electron chi connectivity index (χ1n) is 8.21.